The first kappa shape index (κ1) is 18.2. The van der Waals surface area contributed by atoms with Gasteiger partial charge in [0.2, 0.25) is 0 Å². The summed E-state index contributed by atoms with van der Waals surface area (Å²) in [6.07, 6.45) is -0.435. The molecule has 5 heteroatoms. The third-order valence-corrected chi connectivity index (χ3v) is 3.60. The summed E-state index contributed by atoms with van der Waals surface area (Å²) in [5.41, 5.74) is 1.18. The van der Waals surface area contributed by atoms with Crippen LogP contribution in [-0.2, 0) is 0 Å². The van der Waals surface area contributed by atoms with Crippen LogP contribution in [0.15, 0.2) is 24.3 Å². The molecule has 19 heavy (non-hydrogen) atoms. The fourth-order valence-electron chi connectivity index (χ4n) is 2.22. The molecule has 0 spiro atoms. The van der Waals surface area contributed by atoms with Gasteiger partial charge in [0.15, 0.2) is 0 Å². The summed E-state index contributed by atoms with van der Waals surface area (Å²) in [4.78, 5) is 11.2. The van der Waals surface area contributed by atoms with Crippen molar-refractivity contribution in [1.82, 2.24) is 9.80 Å². The van der Waals surface area contributed by atoms with E-state index in [4.69, 9.17) is 4.74 Å². The molecule has 0 aromatic heterocycles. The minimum atomic E-state index is -0.435. The van der Waals surface area contributed by atoms with E-state index in [2.05, 4.69) is 32.2 Å². The Morgan fingerprint density at radius 3 is 2.26 bits per heavy atom. The molecule has 1 N–H and O–H groups in total. The van der Waals surface area contributed by atoms with Gasteiger partial charge < -0.3 is 34.0 Å². The van der Waals surface area contributed by atoms with Crippen LogP contribution in [0.4, 0.5) is 10.5 Å². The Hall–Kier alpha value is -0.820. The van der Waals surface area contributed by atoms with Crippen molar-refractivity contribution in [2.24, 2.45) is 0 Å². The van der Waals surface area contributed by atoms with Crippen molar-refractivity contribution in [3.8, 4) is 5.75 Å². The molecule has 0 bridgehead atoms. The number of rotatable bonds is 5. The van der Waals surface area contributed by atoms with E-state index in [9.17, 15) is 4.79 Å². The topological polar surface area (TPSA) is 38.3 Å². The van der Waals surface area contributed by atoms with E-state index in [1.54, 1.807) is 13.1 Å². The second kappa shape index (κ2) is 8.37. The highest BCUT2D eigenvalue weighted by Gasteiger charge is 2.24. The van der Waals surface area contributed by atoms with Crippen LogP contribution < -0.4 is 38.5 Å². The fraction of sp³-hybridized carbons (Fsp3) is 0.500. The number of amides is 1. The Bertz CT molecular complexity index is 398. The summed E-state index contributed by atoms with van der Waals surface area (Å²) in [5.74, 6) is 0.588. The van der Waals surface area contributed by atoms with Gasteiger partial charge in [0.25, 0.3) is 0 Å². The van der Waals surface area contributed by atoms with Crippen LogP contribution in [0.2, 0.25) is 0 Å². The number of halogens is 1. The number of ether oxygens (including phenoxy) is 1. The maximum atomic E-state index is 11.2. The lowest BCUT2D eigenvalue weighted by molar-refractivity contribution is -0.00000887. The third-order valence-electron chi connectivity index (χ3n) is 3.60. The molecule has 0 fully saturated rings. The number of carbonyl (C=O) groups excluding carboxylic acids is 1. The predicted molar refractivity (Wildman–Crippen MR) is 74.9 cm³/mol. The molecule has 0 unspecified atom stereocenters. The molecule has 0 radical (unpaired) electrons. The minimum absolute atomic E-state index is 0. The van der Waals surface area contributed by atoms with Gasteiger partial charge in [-0.2, -0.15) is 0 Å². The monoisotopic (exact) mass is 378 g/mol. The third kappa shape index (κ3) is 4.35. The van der Waals surface area contributed by atoms with Gasteiger partial charge in [-0.3, -0.25) is 4.48 Å². The molecule has 0 aliphatic rings. The Morgan fingerprint density at radius 2 is 1.79 bits per heavy atom. The molecule has 1 aromatic rings. The molecule has 1 amide bonds. The van der Waals surface area contributed by atoms with Gasteiger partial charge in [-0.25, -0.2) is 4.79 Å². The summed E-state index contributed by atoms with van der Waals surface area (Å²) in [7, 11) is 1.55. The van der Waals surface area contributed by atoms with Crippen LogP contribution in [0.25, 0.3) is 0 Å². The van der Waals surface area contributed by atoms with Crippen molar-refractivity contribution in [1.29, 1.82) is 0 Å². The van der Waals surface area contributed by atoms with E-state index >= 15 is 0 Å². The van der Waals surface area contributed by atoms with E-state index < -0.39 is 6.09 Å². The van der Waals surface area contributed by atoms with E-state index in [1.165, 1.54) is 5.69 Å². The molecular formula is C14H23IN2O2. The van der Waals surface area contributed by atoms with E-state index in [0.29, 0.717) is 5.75 Å². The number of hydrogen-bond donors (Lipinski definition) is 1. The van der Waals surface area contributed by atoms with Crippen molar-refractivity contribution in [3.05, 3.63) is 24.3 Å². The summed E-state index contributed by atoms with van der Waals surface area (Å²) in [6, 6.07) is 7.77. The highest BCUT2D eigenvalue weighted by molar-refractivity contribution is 5.70. The Morgan fingerprint density at radius 1 is 1.21 bits per heavy atom. The van der Waals surface area contributed by atoms with Crippen LogP contribution in [0, 0.1) is 0 Å². The molecule has 4 nitrogen and oxygen atoms in total. The van der Waals surface area contributed by atoms with E-state index in [1.807, 2.05) is 12.1 Å². The number of nitrogens with one attached hydrogen (secondary N) is 1. The first-order valence-corrected chi connectivity index (χ1v) is 6.48. The molecule has 0 heterocycles. The average Bonchev–Trinajstić information content (AvgIpc) is 2.42. The molecule has 0 saturated carbocycles. The Kier molecular flexibility index (Phi) is 8.01. The quantitative estimate of drug-likeness (QED) is 0.568. The summed E-state index contributed by atoms with van der Waals surface area (Å²) < 4.78 is 6.07. The number of quaternary nitrogens is 1. The van der Waals surface area contributed by atoms with Gasteiger partial charge in [0, 0.05) is 13.1 Å². The second-order valence-electron chi connectivity index (χ2n) is 4.23. The standard InChI is InChI=1S/C14H22N2O2.HI/c1-5-16(6-2,7-3)12-9-8-10-13(11-12)18-14(17)15-4;/h8-11H,5-7H2,1-4H3;1H. The molecule has 1 aromatic carbocycles. The highest BCUT2D eigenvalue weighted by Crippen LogP contribution is 2.27. The van der Waals surface area contributed by atoms with Gasteiger partial charge in [-0.15, -0.1) is 0 Å². The molecule has 0 saturated heterocycles. The minimum Gasteiger partial charge on any atom is -1.00 e. The zero-order valence-electron chi connectivity index (χ0n) is 12.1. The second-order valence-corrected chi connectivity index (χ2v) is 4.23. The van der Waals surface area contributed by atoms with Crippen molar-refractivity contribution in [2.75, 3.05) is 26.7 Å². The van der Waals surface area contributed by atoms with Crippen molar-refractivity contribution < 1.29 is 33.5 Å². The van der Waals surface area contributed by atoms with Crippen LogP contribution in [0.3, 0.4) is 0 Å². The Balaban J connectivity index is 0.00000324. The van der Waals surface area contributed by atoms with Crippen molar-refractivity contribution in [2.45, 2.75) is 20.8 Å². The van der Waals surface area contributed by atoms with Gasteiger partial charge in [-0.05, 0) is 32.9 Å². The molecule has 108 valence electrons. The zero-order chi connectivity index (χ0) is 13.6. The van der Waals surface area contributed by atoms with E-state index in [0.717, 1.165) is 24.1 Å². The number of carbonyl (C=O) groups is 1. The van der Waals surface area contributed by atoms with Gasteiger partial charge in [0.05, 0.1) is 19.6 Å². The lowest BCUT2D eigenvalue weighted by atomic mass is 10.2. The summed E-state index contributed by atoms with van der Waals surface area (Å²) >= 11 is 0. The van der Waals surface area contributed by atoms with Crippen LogP contribution in [-0.4, -0.2) is 32.8 Å². The lowest BCUT2D eigenvalue weighted by Gasteiger charge is -2.35. The smallest absolute Gasteiger partial charge is 0.412 e. The number of hydrogen-bond acceptors (Lipinski definition) is 2. The fourth-order valence-corrected chi connectivity index (χ4v) is 2.22. The van der Waals surface area contributed by atoms with Crippen molar-refractivity contribution in [3.63, 3.8) is 0 Å². The maximum Gasteiger partial charge on any atom is 0.412 e. The zero-order valence-corrected chi connectivity index (χ0v) is 14.2. The molecule has 0 aliphatic heterocycles. The SMILES string of the molecule is CC[N+](CC)(CC)c1cccc(OC(=O)NC)c1.[I-]. The number of nitrogens with zero attached hydrogens (tertiary/aromatic N) is 1. The number of benzene rings is 1. The van der Waals surface area contributed by atoms with Gasteiger partial charge in [0.1, 0.15) is 11.4 Å². The molecule has 0 atom stereocenters. The lowest BCUT2D eigenvalue weighted by Crippen LogP contribution is -3.00. The summed E-state index contributed by atoms with van der Waals surface area (Å²) in [5, 5.41) is 2.45. The van der Waals surface area contributed by atoms with Crippen LogP contribution in [0.5, 0.6) is 5.75 Å². The Labute approximate surface area is 132 Å². The average molecular weight is 378 g/mol. The largest absolute Gasteiger partial charge is 1.00 e. The van der Waals surface area contributed by atoms with E-state index in [-0.39, 0.29) is 24.0 Å². The van der Waals surface area contributed by atoms with Gasteiger partial charge >= 0.3 is 6.09 Å². The van der Waals surface area contributed by atoms with Crippen molar-refractivity contribution >= 4 is 11.8 Å². The van der Waals surface area contributed by atoms with Gasteiger partial charge in [-0.1, -0.05) is 6.07 Å². The first-order valence-electron chi connectivity index (χ1n) is 6.48. The molecular weight excluding hydrogens is 355 g/mol. The normalized spacial score (nSPS) is 10.5. The molecule has 1 rings (SSSR count). The van der Waals surface area contributed by atoms with Crippen LogP contribution >= 0.6 is 0 Å². The highest BCUT2D eigenvalue weighted by atomic mass is 127. The van der Waals surface area contributed by atoms with Crippen LogP contribution in [0.1, 0.15) is 20.8 Å². The first-order chi connectivity index (χ1) is 8.61. The maximum absolute atomic E-state index is 11.2. The molecule has 0 aliphatic carbocycles. The predicted octanol–water partition coefficient (Wildman–Crippen LogP) is -0.224. The summed E-state index contributed by atoms with van der Waals surface area (Å²) in [6.45, 7) is 9.61.